The van der Waals surface area contributed by atoms with Crippen molar-refractivity contribution in [1.29, 1.82) is 5.26 Å². The number of pyridine rings is 1. The van der Waals surface area contributed by atoms with Crippen LogP contribution in [0, 0.1) is 11.3 Å². The van der Waals surface area contributed by atoms with Crippen molar-refractivity contribution in [3.05, 3.63) is 35.2 Å². The van der Waals surface area contributed by atoms with Crippen molar-refractivity contribution in [2.75, 3.05) is 31.1 Å². The summed E-state index contributed by atoms with van der Waals surface area (Å²) >= 11 is 0. The van der Waals surface area contributed by atoms with Gasteiger partial charge >= 0.3 is 6.03 Å². The Hall–Kier alpha value is -3.08. The lowest BCUT2D eigenvalue weighted by molar-refractivity contribution is -0.127. The van der Waals surface area contributed by atoms with Gasteiger partial charge in [-0.25, -0.2) is 9.78 Å². The molecule has 3 amide bonds. The number of amides is 3. The van der Waals surface area contributed by atoms with Crippen molar-refractivity contribution in [3.63, 3.8) is 0 Å². The second-order valence-electron chi connectivity index (χ2n) is 6.12. The van der Waals surface area contributed by atoms with Gasteiger partial charge in [0, 0.05) is 38.1 Å². The van der Waals surface area contributed by atoms with E-state index in [1.54, 1.807) is 37.1 Å². The first-order valence-electron chi connectivity index (χ1n) is 8.19. The fourth-order valence-electron chi connectivity index (χ4n) is 3.24. The Kier molecular flexibility index (Phi) is 4.57. The number of aromatic nitrogens is 1. The second-order valence-corrected chi connectivity index (χ2v) is 6.12. The normalized spacial score (nSPS) is 20.7. The average Bonchev–Trinajstić information content (AvgIpc) is 2.61. The summed E-state index contributed by atoms with van der Waals surface area (Å²) in [5, 5.41) is 14.6. The maximum atomic E-state index is 12.8. The van der Waals surface area contributed by atoms with Crippen LogP contribution < -0.4 is 15.5 Å². The van der Waals surface area contributed by atoms with E-state index in [1.165, 1.54) is 0 Å². The van der Waals surface area contributed by atoms with Gasteiger partial charge in [-0.1, -0.05) is 0 Å². The van der Waals surface area contributed by atoms with Crippen LogP contribution in [-0.4, -0.2) is 54.0 Å². The van der Waals surface area contributed by atoms with Crippen LogP contribution >= 0.6 is 0 Å². The zero-order valence-corrected chi connectivity index (χ0v) is 14.2. The molecule has 8 heteroatoms. The molecule has 2 N–H and O–H groups in total. The molecule has 2 aliphatic heterocycles. The fourth-order valence-corrected chi connectivity index (χ4v) is 3.24. The molecule has 25 heavy (non-hydrogen) atoms. The summed E-state index contributed by atoms with van der Waals surface area (Å²) in [5.74, 6) is 0.589. The van der Waals surface area contributed by atoms with Gasteiger partial charge in [0.25, 0.3) is 5.91 Å². The molecular formula is C17H20N6O2. The highest BCUT2D eigenvalue weighted by atomic mass is 16.2. The van der Waals surface area contributed by atoms with Crippen LogP contribution in [0.2, 0.25) is 0 Å². The molecule has 1 fully saturated rings. The Bertz CT molecular complexity index is 774. The molecule has 0 radical (unpaired) electrons. The van der Waals surface area contributed by atoms with E-state index in [2.05, 4.69) is 21.7 Å². The first-order valence-corrected chi connectivity index (χ1v) is 8.19. The number of urea groups is 1. The van der Waals surface area contributed by atoms with Gasteiger partial charge in [0.1, 0.15) is 11.9 Å². The van der Waals surface area contributed by atoms with E-state index < -0.39 is 0 Å². The van der Waals surface area contributed by atoms with Crippen LogP contribution in [0.4, 0.5) is 10.6 Å². The number of nitrogens with zero attached hydrogens (tertiary/aromatic N) is 4. The van der Waals surface area contributed by atoms with E-state index in [9.17, 15) is 14.9 Å². The summed E-state index contributed by atoms with van der Waals surface area (Å²) in [4.78, 5) is 32.4. The third-order valence-corrected chi connectivity index (χ3v) is 4.49. The topological polar surface area (TPSA) is 101 Å². The molecule has 1 atom stereocenters. The highest BCUT2D eigenvalue weighted by Gasteiger charge is 2.31. The van der Waals surface area contributed by atoms with Gasteiger partial charge in [0.15, 0.2) is 0 Å². The molecule has 130 valence electrons. The first-order chi connectivity index (χ1) is 12.0. The van der Waals surface area contributed by atoms with E-state index in [0.717, 1.165) is 0 Å². The highest BCUT2D eigenvalue weighted by molar-refractivity contribution is 5.98. The molecule has 0 spiro atoms. The molecule has 0 aliphatic carbocycles. The Morgan fingerprint density at radius 1 is 1.36 bits per heavy atom. The number of rotatable bonds is 2. The molecular weight excluding hydrogens is 320 g/mol. The van der Waals surface area contributed by atoms with Crippen LogP contribution in [0.5, 0.6) is 0 Å². The maximum absolute atomic E-state index is 12.8. The van der Waals surface area contributed by atoms with Gasteiger partial charge in [-0.05, 0) is 26.0 Å². The fraction of sp³-hybridized carbons (Fsp3) is 0.412. The minimum atomic E-state index is -0.319. The lowest BCUT2D eigenvalue weighted by atomic mass is 10.0. The van der Waals surface area contributed by atoms with Gasteiger partial charge in [-0.15, -0.1) is 0 Å². The van der Waals surface area contributed by atoms with Crippen LogP contribution in [0.15, 0.2) is 29.6 Å². The molecule has 1 aromatic heterocycles. The number of nitriles is 1. The average molecular weight is 340 g/mol. The van der Waals surface area contributed by atoms with E-state index in [0.29, 0.717) is 48.8 Å². The summed E-state index contributed by atoms with van der Waals surface area (Å²) in [6.45, 7) is 5.84. The van der Waals surface area contributed by atoms with Crippen LogP contribution in [0.25, 0.3) is 0 Å². The maximum Gasteiger partial charge on any atom is 0.319 e. The molecule has 1 aromatic rings. The summed E-state index contributed by atoms with van der Waals surface area (Å²) in [6.07, 6.45) is 1.67. The molecule has 1 saturated heterocycles. The van der Waals surface area contributed by atoms with Gasteiger partial charge in [0.05, 0.1) is 17.2 Å². The Balaban J connectivity index is 1.70. The monoisotopic (exact) mass is 340 g/mol. The number of carbonyl (C=O) groups excluding carboxylic acids is 2. The quantitative estimate of drug-likeness (QED) is 0.820. The summed E-state index contributed by atoms with van der Waals surface area (Å²) in [6, 6.07) is 5.03. The third kappa shape index (κ3) is 3.26. The standard InChI is InChI=1S/C17H20N6O2/c1-11-14(12(2)21-17(25)20-11)16(24)23-8-6-22(7-9-23)15-13(10-18)4-3-5-19-15/h3-5,11H,6-9H2,1-2H3,(H2,20,21,25). The van der Waals surface area contributed by atoms with Gasteiger partial charge in [-0.2, -0.15) is 5.26 Å². The van der Waals surface area contributed by atoms with Crippen LogP contribution in [0.1, 0.15) is 19.4 Å². The first kappa shape index (κ1) is 16.8. The van der Waals surface area contributed by atoms with Crippen LogP contribution in [0.3, 0.4) is 0 Å². The number of anilines is 1. The molecule has 3 rings (SSSR count). The Morgan fingerprint density at radius 3 is 2.72 bits per heavy atom. The van der Waals surface area contributed by atoms with Gasteiger partial charge in [-0.3, -0.25) is 4.79 Å². The van der Waals surface area contributed by atoms with E-state index >= 15 is 0 Å². The largest absolute Gasteiger partial charge is 0.352 e. The number of piperazine rings is 1. The number of hydrogen-bond acceptors (Lipinski definition) is 5. The zero-order valence-electron chi connectivity index (χ0n) is 14.2. The molecule has 2 aliphatic rings. The summed E-state index contributed by atoms with van der Waals surface area (Å²) in [7, 11) is 0. The Morgan fingerprint density at radius 2 is 2.08 bits per heavy atom. The minimum Gasteiger partial charge on any atom is -0.352 e. The van der Waals surface area contributed by atoms with Crippen molar-refractivity contribution in [3.8, 4) is 6.07 Å². The summed E-state index contributed by atoms with van der Waals surface area (Å²) in [5.41, 5.74) is 1.72. The van der Waals surface area contributed by atoms with Crippen molar-refractivity contribution in [1.82, 2.24) is 20.5 Å². The Labute approximate surface area is 146 Å². The predicted octanol–water partition coefficient (Wildman–Crippen LogP) is 0.577. The minimum absolute atomic E-state index is 0.0707. The number of allylic oxidation sites excluding steroid dienone is 1. The van der Waals surface area contributed by atoms with Gasteiger partial charge < -0.3 is 20.4 Å². The lowest BCUT2D eigenvalue weighted by Crippen LogP contribution is -2.54. The molecule has 1 unspecified atom stereocenters. The SMILES string of the molecule is CC1=C(C(=O)N2CCN(c3ncccc3C#N)CC2)C(C)NC(=O)N1. The number of nitrogens with one attached hydrogen (secondary N) is 2. The molecule has 8 nitrogen and oxygen atoms in total. The number of carbonyl (C=O) groups is 2. The molecule has 3 heterocycles. The highest BCUT2D eigenvalue weighted by Crippen LogP contribution is 2.20. The third-order valence-electron chi connectivity index (χ3n) is 4.49. The van der Waals surface area contributed by atoms with E-state index in [4.69, 9.17) is 0 Å². The predicted molar refractivity (Wildman–Crippen MR) is 91.6 cm³/mol. The van der Waals surface area contributed by atoms with E-state index in [1.807, 2.05) is 4.90 Å². The van der Waals surface area contributed by atoms with E-state index in [-0.39, 0.29) is 18.0 Å². The summed E-state index contributed by atoms with van der Waals surface area (Å²) < 4.78 is 0. The molecule has 0 saturated carbocycles. The van der Waals surface area contributed by atoms with Crippen molar-refractivity contribution < 1.29 is 9.59 Å². The smallest absolute Gasteiger partial charge is 0.319 e. The van der Waals surface area contributed by atoms with Crippen LogP contribution in [-0.2, 0) is 4.79 Å². The van der Waals surface area contributed by atoms with Gasteiger partial charge in [0.2, 0.25) is 0 Å². The lowest BCUT2D eigenvalue weighted by Gasteiger charge is -2.37. The number of hydrogen-bond donors (Lipinski definition) is 2. The van der Waals surface area contributed by atoms with Crippen molar-refractivity contribution in [2.24, 2.45) is 0 Å². The second kappa shape index (κ2) is 6.81. The molecule has 0 bridgehead atoms. The van der Waals surface area contributed by atoms with Crippen molar-refractivity contribution in [2.45, 2.75) is 19.9 Å². The molecule has 0 aromatic carbocycles. The van der Waals surface area contributed by atoms with Crippen molar-refractivity contribution >= 4 is 17.8 Å². The zero-order chi connectivity index (χ0) is 18.0.